The highest BCUT2D eigenvalue weighted by molar-refractivity contribution is 7.19. The SMILES string of the molecule is Nc1cnc(N2CCCO2)s1. The number of nitrogens with zero attached hydrogens (tertiary/aromatic N) is 2. The van der Waals surface area contributed by atoms with Crippen LogP contribution in [0, 0.1) is 0 Å². The van der Waals surface area contributed by atoms with Crippen LogP contribution in [0.5, 0.6) is 0 Å². The number of hydrogen-bond donors (Lipinski definition) is 1. The fraction of sp³-hybridized carbons (Fsp3) is 0.500. The van der Waals surface area contributed by atoms with Crippen LogP contribution < -0.4 is 10.8 Å². The van der Waals surface area contributed by atoms with Crippen molar-refractivity contribution in [3.63, 3.8) is 0 Å². The number of anilines is 2. The molecule has 0 amide bonds. The summed E-state index contributed by atoms with van der Waals surface area (Å²) < 4.78 is 0. The van der Waals surface area contributed by atoms with E-state index in [1.807, 2.05) is 0 Å². The van der Waals surface area contributed by atoms with Gasteiger partial charge in [0.25, 0.3) is 0 Å². The van der Waals surface area contributed by atoms with Crippen molar-refractivity contribution >= 4 is 21.5 Å². The Bertz CT molecular complexity index is 244. The molecule has 2 rings (SSSR count). The van der Waals surface area contributed by atoms with Gasteiger partial charge in [0.15, 0.2) is 0 Å². The van der Waals surface area contributed by atoms with Crippen molar-refractivity contribution in [3.05, 3.63) is 6.20 Å². The van der Waals surface area contributed by atoms with E-state index in [4.69, 9.17) is 10.6 Å². The van der Waals surface area contributed by atoms with Gasteiger partial charge in [-0.2, -0.15) is 0 Å². The van der Waals surface area contributed by atoms with Gasteiger partial charge < -0.3 is 5.73 Å². The van der Waals surface area contributed by atoms with Gasteiger partial charge in [0.05, 0.1) is 19.3 Å². The van der Waals surface area contributed by atoms with Crippen LogP contribution in [0.15, 0.2) is 6.20 Å². The molecule has 0 bridgehead atoms. The van der Waals surface area contributed by atoms with E-state index in [0.29, 0.717) is 0 Å². The minimum absolute atomic E-state index is 0.732. The lowest BCUT2D eigenvalue weighted by atomic mass is 10.5. The maximum absolute atomic E-state index is 5.52. The maximum atomic E-state index is 5.52. The third kappa shape index (κ3) is 1.29. The fourth-order valence-electron chi connectivity index (χ4n) is 0.991. The summed E-state index contributed by atoms with van der Waals surface area (Å²) >= 11 is 1.45. The molecule has 1 fully saturated rings. The normalized spacial score (nSPS) is 17.6. The van der Waals surface area contributed by atoms with Crippen molar-refractivity contribution in [2.24, 2.45) is 0 Å². The predicted octanol–water partition coefficient (Wildman–Crippen LogP) is 0.867. The molecule has 0 atom stereocenters. The molecule has 1 saturated heterocycles. The summed E-state index contributed by atoms with van der Waals surface area (Å²) in [5.74, 6) is 0. The van der Waals surface area contributed by atoms with E-state index in [9.17, 15) is 0 Å². The zero-order valence-electron chi connectivity index (χ0n) is 5.99. The number of rotatable bonds is 1. The van der Waals surface area contributed by atoms with Gasteiger partial charge in [0.1, 0.15) is 5.00 Å². The average molecular weight is 171 g/mol. The number of aromatic nitrogens is 1. The summed E-state index contributed by atoms with van der Waals surface area (Å²) in [6, 6.07) is 0. The molecule has 4 nitrogen and oxygen atoms in total. The summed E-state index contributed by atoms with van der Waals surface area (Å²) in [6.45, 7) is 1.71. The van der Waals surface area contributed by atoms with E-state index in [-0.39, 0.29) is 0 Å². The molecule has 1 aromatic rings. The molecule has 0 aliphatic carbocycles. The van der Waals surface area contributed by atoms with E-state index in [2.05, 4.69) is 4.98 Å². The zero-order valence-corrected chi connectivity index (χ0v) is 6.80. The minimum atomic E-state index is 0.732. The molecule has 60 valence electrons. The quantitative estimate of drug-likeness (QED) is 0.681. The van der Waals surface area contributed by atoms with Crippen molar-refractivity contribution in [1.82, 2.24) is 4.98 Å². The Hall–Kier alpha value is -0.810. The van der Waals surface area contributed by atoms with Crippen molar-refractivity contribution in [2.45, 2.75) is 6.42 Å². The van der Waals surface area contributed by atoms with Crippen molar-refractivity contribution in [3.8, 4) is 0 Å². The van der Waals surface area contributed by atoms with E-state index >= 15 is 0 Å². The van der Waals surface area contributed by atoms with Gasteiger partial charge in [0.2, 0.25) is 5.13 Å². The van der Waals surface area contributed by atoms with E-state index in [1.54, 1.807) is 11.3 Å². The highest BCUT2D eigenvalue weighted by Gasteiger charge is 2.15. The average Bonchev–Trinajstić information content (AvgIpc) is 2.55. The number of hydroxylamine groups is 1. The highest BCUT2D eigenvalue weighted by Crippen LogP contribution is 2.26. The molecule has 11 heavy (non-hydrogen) atoms. The Morgan fingerprint density at radius 1 is 1.73 bits per heavy atom. The third-order valence-electron chi connectivity index (χ3n) is 1.48. The summed E-state index contributed by atoms with van der Waals surface area (Å²) in [6.07, 6.45) is 2.72. The Labute approximate surface area is 68.5 Å². The van der Waals surface area contributed by atoms with Crippen molar-refractivity contribution < 1.29 is 4.84 Å². The second-order valence-corrected chi connectivity index (χ2v) is 3.37. The first-order chi connectivity index (χ1) is 5.36. The van der Waals surface area contributed by atoms with Crippen LogP contribution in [-0.4, -0.2) is 18.1 Å². The molecule has 0 saturated carbocycles. The lowest BCUT2D eigenvalue weighted by Gasteiger charge is -2.10. The molecule has 1 aliphatic heterocycles. The topological polar surface area (TPSA) is 51.4 Å². The Kier molecular flexibility index (Phi) is 1.67. The van der Waals surface area contributed by atoms with Crippen molar-refractivity contribution in [1.29, 1.82) is 0 Å². The zero-order chi connectivity index (χ0) is 7.68. The largest absolute Gasteiger partial charge is 0.389 e. The Morgan fingerprint density at radius 3 is 3.18 bits per heavy atom. The van der Waals surface area contributed by atoms with Gasteiger partial charge in [-0.15, -0.1) is 0 Å². The molecule has 0 radical (unpaired) electrons. The smallest absolute Gasteiger partial charge is 0.211 e. The first kappa shape index (κ1) is 6.87. The van der Waals surface area contributed by atoms with Gasteiger partial charge in [-0.3, -0.25) is 4.84 Å². The van der Waals surface area contributed by atoms with Crippen LogP contribution in [0.1, 0.15) is 6.42 Å². The monoisotopic (exact) mass is 171 g/mol. The molecule has 0 aromatic carbocycles. The Morgan fingerprint density at radius 2 is 2.64 bits per heavy atom. The number of thiazole rings is 1. The van der Waals surface area contributed by atoms with Gasteiger partial charge in [0, 0.05) is 0 Å². The molecule has 5 heteroatoms. The lowest BCUT2D eigenvalue weighted by Crippen LogP contribution is -2.15. The number of hydrogen-bond acceptors (Lipinski definition) is 5. The minimum Gasteiger partial charge on any atom is -0.389 e. The molecular weight excluding hydrogens is 162 g/mol. The number of nitrogens with two attached hydrogens (primary N) is 1. The summed E-state index contributed by atoms with van der Waals surface area (Å²) in [5.41, 5.74) is 5.52. The van der Waals surface area contributed by atoms with E-state index in [1.165, 1.54) is 11.3 Å². The van der Waals surface area contributed by atoms with E-state index in [0.717, 1.165) is 29.7 Å². The lowest BCUT2D eigenvalue weighted by molar-refractivity contribution is 0.168. The predicted molar refractivity (Wildman–Crippen MR) is 44.4 cm³/mol. The summed E-state index contributed by atoms with van der Waals surface area (Å²) in [5, 5.41) is 3.39. The van der Waals surface area contributed by atoms with Crippen LogP contribution >= 0.6 is 11.3 Å². The van der Waals surface area contributed by atoms with Crippen LogP contribution in [-0.2, 0) is 4.84 Å². The molecule has 2 heterocycles. The molecule has 0 spiro atoms. The van der Waals surface area contributed by atoms with Gasteiger partial charge in [-0.1, -0.05) is 11.3 Å². The number of nitrogen functional groups attached to an aromatic ring is 1. The van der Waals surface area contributed by atoms with Gasteiger partial charge >= 0.3 is 0 Å². The molecule has 1 aliphatic rings. The molecular formula is C6H9N3OS. The van der Waals surface area contributed by atoms with Gasteiger partial charge in [-0.25, -0.2) is 10.0 Å². The molecule has 0 unspecified atom stereocenters. The van der Waals surface area contributed by atoms with Crippen LogP contribution in [0.2, 0.25) is 0 Å². The molecule has 1 aromatic heterocycles. The first-order valence-corrected chi connectivity index (χ1v) is 4.29. The molecule has 2 N–H and O–H groups in total. The second kappa shape index (κ2) is 2.67. The first-order valence-electron chi connectivity index (χ1n) is 3.48. The standard InChI is InChI=1S/C6H9N3OS/c7-5-4-8-6(11-5)9-2-1-3-10-9/h4H,1-3,7H2. The van der Waals surface area contributed by atoms with E-state index < -0.39 is 0 Å². The van der Waals surface area contributed by atoms with Crippen LogP contribution in [0.25, 0.3) is 0 Å². The third-order valence-corrected chi connectivity index (χ3v) is 2.31. The Balaban J connectivity index is 2.15. The van der Waals surface area contributed by atoms with Gasteiger partial charge in [-0.05, 0) is 6.42 Å². The maximum Gasteiger partial charge on any atom is 0.211 e. The fourth-order valence-corrected chi connectivity index (χ4v) is 1.66. The van der Waals surface area contributed by atoms with Crippen molar-refractivity contribution in [2.75, 3.05) is 23.9 Å². The highest BCUT2D eigenvalue weighted by atomic mass is 32.1. The second-order valence-electron chi connectivity index (χ2n) is 2.33. The summed E-state index contributed by atoms with van der Waals surface area (Å²) in [4.78, 5) is 9.37. The van der Waals surface area contributed by atoms with Crippen LogP contribution in [0.3, 0.4) is 0 Å². The summed E-state index contributed by atoms with van der Waals surface area (Å²) in [7, 11) is 0. The van der Waals surface area contributed by atoms with Crippen LogP contribution in [0.4, 0.5) is 10.1 Å².